The molecule has 0 aliphatic carbocycles. The van der Waals surface area contributed by atoms with Crippen molar-refractivity contribution in [1.82, 2.24) is 10.2 Å². The maximum Gasteiger partial charge on any atom is 0.316 e. The maximum absolute atomic E-state index is 11.9. The summed E-state index contributed by atoms with van der Waals surface area (Å²) in [5.41, 5.74) is -0.583. The molecule has 5 heteroatoms. The van der Waals surface area contributed by atoms with Gasteiger partial charge >= 0.3 is 5.97 Å². The molecule has 0 aromatic rings. The lowest BCUT2D eigenvalue weighted by Gasteiger charge is -2.27. The Morgan fingerprint density at radius 2 is 1.78 bits per heavy atom. The molecular weight excluding hydrogens is 232 g/mol. The highest BCUT2D eigenvalue weighted by Gasteiger charge is 2.37. The van der Waals surface area contributed by atoms with Crippen LogP contribution in [-0.2, 0) is 9.59 Å². The average Bonchev–Trinajstić information content (AvgIpc) is 2.13. The smallest absolute Gasteiger partial charge is 0.316 e. The van der Waals surface area contributed by atoms with Gasteiger partial charge in [-0.1, -0.05) is 20.8 Å². The van der Waals surface area contributed by atoms with Crippen LogP contribution in [0.5, 0.6) is 0 Å². The number of amides is 1. The molecule has 0 heterocycles. The third kappa shape index (κ3) is 5.49. The van der Waals surface area contributed by atoms with E-state index in [1.807, 2.05) is 7.05 Å². The average molecular weight is 258 g/mol. The molecule has 1 atom stereocenters. The van der Waals surface area contributed by atoms with Crippen LogP contribution >= 0.6 is 0 Å². The number of carboxylic acids is 1. The highest BCUT2D eigenvalue weighted by atomic mass is 16.4. The highest BCUT2D eigenvalue weighted by Crippen LogP contribution is 2.26. The number of rotatable bonds is 6. The zero-order valence-corrected chi connectivity index (χ0v) is 12.3. The van der Waals surface area contributed by atoms with Crippen LogP contribution in [0.3, 0.4) is 0 Å². The minimum Gasteiger partial charge on any atom is -0.481 e. The number of hydrogen-bond donors (Lipinski definition) is 2. The van der Waals surface area contributed by atoms with Gasteiger partial charge in [0.2, 0.25) is 5.91 Å². The fraction of sp³-hybridized carbons (Fsp3) is 0.846. The second-order valence-electron chi connectivity index (χ2n) is 6.00. The van der Waals surface area contributed by atoms with Gasteiger partial charge in [-0.2, -0.15) is 0 Å². The molecule has 0 saturated carbocycles. The largest absolute Gasteiger partial charge is 0.481 e. The SMILES string of the molecule is CC(C)N(C)CCNC(=O)C(C(=O)O)C(C)(C)C. The summed E-state index contributed by atoms with van der Waals surface area (Å²) in [6, 6.07) is 0.403. The second kappa shape index (κ2) is 6.73. The van der Waals surface area contributed by atoms with Gasteiger partial charge < -0.3 is 15.3 Å². The molecule has 0 aromatic carbocycles. The number of carbonyl (C=O) groups excluding carboxylic acids is 1. The summed E-state index contributed by atoms with van der Waals surface area (Å²) in [6.45, 7) is 10.6. The normalized spacial score (nSPS) is 13.8. The van der Waals surface area contributed by atoms with Gasteiger partial charge in [0, 0.05) is 19.1 Å². The Hall–Kier alpha value is -1.10. The van der Waals surface area contributed by atoms with E-state index >= 15 is 0 Å². The van der Waals surface area contributed by atoms with Crippen molar-refractivity contribution in [1.29, 1.82) is 0 Å². The van der Waals surface area contributed by atoms with Crippen molar-refractivity contribution < 1.29 is 14.7 Å². The molecule has 0 aliphatic heterocycles. The van der Waals surface area contributed by atoms with Gasteiger partial charge in [-0.15, -0.1) is 0 Å². The topological polar surface area (TPSA) is 69.6 Å². The van der Waals surface area contributed by atoms with Gasteiger partial charge in [0.05, 0.1) is 0 Å². The van der Waals surface area contributed by atoms with Crippen LogP contribution < -0.4 is 5.32 Å². The third-order valence-electron chi connectivity index (χ3n) is 3.02. The van der Waals surface area contributed by atoms with E-state index in [1.54, 1.807) is 20.8 Å². The first-order valence-corrected chi connectivity index (χ1v) is 6.28. The molecule has 0 fully saturated rings. The van der Waals surface area contributed by atoms with Crippen molar-refractivity contribution >= 4 is 11.9 Å². The van der Waals surface area contributed by atoms with Crippen molar-refractivity contribution in [3.63, 3.8) is 0 Å². The zero-order chi connectivity index (χ0) is 14.5. The van der Waals surface area contributed by atoms with E-state index < -0.39 is 23.2 Å². The zero-order valence-electron chi connectivity index (χ0n) is 12.3. The molecule has 1 unspecified atom stereocenters. The summed E-state index contributed by atoms with van der Waals surface area (Å²) < 4.78 is 0. The first-order chi connectivity index (χ1) is 8.07. The summed E-state index contributed by atoms with van der Waals surface area (Å²) in [6.07, 6.45) is 0. The van der Waals surface area contributed by atoms with Gasteiger partial charge in [0.25, 0.3) is 0 Å². The number of nitrogens with zero attached hydrogens (tertiary/aromatic N) is 1. The maximum atomic E-state index is 11.9. The second-order valence-corrected chi connectivity index (χ2v) is 6.00. The summed E-state index contributed by atoms with van der Waals surface area (Å²) in [5.74, 6) is -2.49. The van der Waals surface area contributed by atoms with Gasteiger partial charge in [0.15, 0.2) is 0 Å². The minimum absolute atomic E-state index is 0.403. The number of aliphatic carboxylic acids is 1. The first kappa shape index (κ1) is 16.9. The number of carboxylic acid groups (broad SMARTS) is 1. The molecule has 0 aromatic heterocycles. The minimum atomic E-state index is -1.07. The molecule has 18 heavy (non-hydrogen) atoms. The fourth-order valence-electron chi connectivity index (χ4n) is 1.59. The third-order valence-corrected chi connectivity index (χ3v) is 3.02. The molecule has 5 nitrogen and oxygen atoms in total. The number of hydrogen-bond acceptors (Lipinski definition) is 3. The predicted molar refractivity (Wildman–Crippen MR) is 71.4 cm³/mol. The summed E-state index contributed by atoms with van der Waals surface area (Å²) >= 11 is 0. The molecule has 106 valence electrons. The summed E-state index contributed by atoms with van der Waals surface area (Å²) in [4.78, 5) is 25.1. The first-order valence-electron chi connectivity index (χ1n) is 6.28. The molecule has 0 bridgehead atoms. The van der Waals surface area contributed by atoms with E-state index in [2.05, 4.69) is 24.1 Å². The molecular formula is C13H26N2O3. The molecule has 0 saturated heterocycles. The number of nitrogens with one attached hydrogen (secondary N) is 1. The van der Waals surface area contributed by atoms with Crippen molar-refractivity contribution in [2.75, 3.05) is 20.1 Å². The van der Waals surface area contributed by atoms with Gasteiger partial charge in [0.1, 0.15) is 5.92 Å². The van der Waals surface area contributed by atoms with E-state index in [0.29, 0.717) is 19.1 Å². The Bertz CT molecular complexity index is 295. The van der Waals surface area contributed by atoms with Crippen molar-refractivity contribution in [3.8, 4) is 0 Å². The molecule has 1 amide bonds. The van der Waals surface area contributed by atoms with Gasteiger partial charge in [-0.3, -0.25) is 9.59 Å². The van der Waals surface area contributed by atoms with Crippen molar-refractivity contribution in [2.45, 2.75) is 40.7 Å². The van der Waals surface area contributed by atoms with Gasteiger partial charge in [-0.25, -0.2) is 0 Å². The Kier molecular flexibility index (Phi) is 6.32. The van der Waals surface area contributed by atoms with Crippen LogP contribution in [-0.4, -0.2) is 48.1 Å². The van der Waals surface area contributed by atoms with Crippen LogP contribution in [0, 0.1) is 11.3 Å². The summed E-state index contributed by atoms with van der Waals surface area (Å²) in [5, 5.41) is 11.8. The molecule has 2 N–H and O–H groups in total. The van der Waals surface area contributed by atoms with E-state index in [1.165, 1.54) is 0 Å². The Labute approximate surface area is 110 Å². The van der Waals surface area contributed by atoms with Crippen LogP contribution in [0.2, 0.25) is 0 Å². The van der Waals surface area contributed by atoms with Crippen molar-refractivity contribution in [3.05, 3.63) is 0 Å². The van der Waals surface area contributed by atoms with E-state index in [-0.39, 0.29) is 0 Å². The fourth-order valence-corrected chi connectivity index (χ4v) is 1.59. The molecule has 0 spiro atoms. The van der Waals surface area contributed by atoms with Crippen LogP contribution in [0.1, 0.15) is 34.6 Å². The summed E-state index contributed by atoms with van der Waals surface area (Å²) in [7, 11) is 1.97. The Morgan fingerprint density at radius 3 is 2.11 bits per heavy atom. The Balaban J connectivity index is 4.34. The monoisotopic (exact) mass is 258 g/mol. The lowest BCUT2D eigenvalue weighted by molar-refractivity contribution is -0.151. The van der Waals surface area contributed by atoms with Crippen molar-refractivity contribution in [2.24, 2.45) is 11.3 Å². The van der Waals surface area contributed by atoms with Gasteiger partial charge in [-0.05, 0) is 26.3 Å². The van der Waals surface area contributed by atoms with E-state index in [9.17, 15) is 9.59 Å². The van der Waals surface area contributed by atoms with Crippen LogP contribution in [0.25, 0.3) is 0 Å². The standard InChI is InChI=1S/C13H26N2O3/c1-9(2)15(6)8-7-14-11(16)10(12(17)18)13(3,4)5/h9-10H,7-8H2,1-6H3,(H,14,16)(H,17,18). The molecule has 0 rings (SSSR count). The van der Waals surface area contributed by atoms with Crippen LogP contribution in [0.15, 0.2) is 0 Å². The number of likely N-dealkylation sites (N-methyl/N-ethyl adjacent to an activating group) is 1. The van der Waals surface area contributed by atoms with E-state index in [4.69, 9.17) is 5.11 Å². The van der Waals surface area contributed by atoms with Crippen LogP contribution in [0.4, 0.5) is 0 Å². The van der Waals surface area contributed by atoms with E-state index in [0.717, 1.165) is 0 Å². The number of carbonyl (C=O) groups is 2. The Morgan fingerprint density at radius 1 is 1.28 bits per heavy atom. The lowest BCUT2D eigenvalue weighted by Crippen LogP contribution is -2.45. The lowest BCUT2D eigenvalue weighted by atomic mass is 9.80. The molecule has 0 radical (unpaired) electrons. The quantitative estimate of drug-likeness (QED) is 0.702. The highest BCUT2D eigenvalue weighted by molar-refractivity contribution is 5.97. The molecule has 0 aliphatic rings. The predicted octanol–water partition coefficient (Wildman–Crippen LogP) is 1.19.